The maximum atomic E-state index is 11.4. The van der Waals surface area contributed by atoms with E-state index in [1.165, 1.54) is 19.1 Å². The molecule has 1 aliphatic rings. The zero-order chi connectivity index (χ0) is 15.3. The number of likely N-dealkylation sites (N-methyl/N-ethyl adjacent to an activating group) is 1. The van der Waals surface area contributed by atoms with Gasteiger partial charge in [0.1, 0.15) is 12.4 Å². The van der Waals surface area contributed by atoms with Gasteiger partial charge in [-0.1, -0.05) is 0 Å². The SMILES string of the molecule is CNC1CCCN(CCOc2ccc(S(C)(=O)=O)cc2)C1. The van der Waals surface area contributed by atoms with Crippen molar-refractivity contribution in [2.45, 2.75) is 23.8 Å². The van der Waals surface area contributed by atoms with Crippen LogP contribution in [0.25, 0.3) is 0 Å². The lowest BCUT2D eigenvalue weighted by atomic mass is 10.1. The third-order valence-corrected chi connectivity index (χ3v) is 4.97. The molecule has 1 aromatic carbocycles. The highest BCUT2D eigenvalue weighted by Crippen LogP contribution is 2.16. The summed E-state index contributed by atoms with van der Waals surface area (Å²) in [7, 11) is -1.13. The molecule has 1 fully saturated rings. The van der Waals surface area contributed by atoms with Crippen LogP contribution in [0.1, 0.15) is 12.8 Å². The van der Waals surface area contributed by atoms with E-state index in [1.807, 2.05) is 7.05 Å². The standard InChI is InChI=1S/C15H24N2O3S/c1-16-13-4-3-9-17(12-13)10-11-20-14-5-7-15(8-6-14)21(2,18)19/h5-8,13,16H,3-4,9-12H2,1-2H3. The van der Waals surface area contributed by atoms with Gasteiger partial charge in [-0.25, -0.2) is 8.42 Å². The molecule has 0 spiro atoms. The lowest BCUT2D eigenvalue weighted by Gasteiger charge is -2.32. The van der Waals surface area contributed by atoms with Crippen molar-refractivity contribution in [3.63, 3.8) is 0 Å². The monoisotopic (exact) mass is 312 g/mol. The smallest absolute Gasteiger partial charge is 0.175 e. The molecule has 0 bridgehead atoms. The minimum absolute atomic E-state index is 0.322. The number of hydrogen-bond acceptors (Lipinski definition) is 5. The Hall–Kier alpha value is -1.11. The lowest BCUT2D eigenvalue weighted by Crippen LogP contribution is -2.45. The van der Waals surface area contributed by atoms with Crippen LogP contribution in [0.15, 0.2) is 29.2 Å². The summed E-state index contributed by atoms with van der Waals surface area (Å²) in [5.74, 6) is 0.713. The van der Waals surface area contributed by atoms with E-state index >= 15 is 0 Å². The molecule has 0 amide bonds. The topological polar surface area (TPSA) is 58.6 Å². The number of sulfone groups is 1. The molecule has 1 aromatic rings. The number of benzene rings is 1. The van der Waals surface area contributed by atoms with Crippen molar-refractivity contribution in [1.29, 1.82) is 0 Å². The molecular formula is C15H24N2O3S. The van der Waals surface area contributed by atoms with Crippen LogP contribution in [0.5, 0.6) is 5.75 Å². The Labute approximate surface area is 127 Å². The Bertz CT molecular complexity index is 543. The van der Waals surface area contributed by atoms with Crippen LogP contribution in [0, 0.1) is 0 Å². The van der Waals surface area contributed by atoms with Crippen LogP contribution in [0.3, 0.4) is 0 Å². The second-order valence-corrected chi connectivity index (χ2v) is 7.54. The molecule has 1 N–H and O–H groups in total. The highest BCUT2D eigenvalue weighted by atomic mass is 32.2. The second-order valence-electron chi connectivity index (χ2n) is 5.52. The first-order valence-corrected chi connectivity index (χ1v) is 9.21. The number of ether oxygens (including phenoxy) is 1. The van der Waals surface area contributed by atoms with Gasteiger partial charge >= 0.3 is 0 Å². The van der Waals surface area contributed by atoms with Gasteiger partial charge in [-0.05, 0) is 50.7 Å². The molecule has 118 valence electrons. The zero-order valence-corrected chi connectivity index (χ0v) is 13.5. The van der Waals surface area contributed by atoms with Gasteiger partial charge in [0, 0.05) is 25.4 Å². The molecule has 0 aliphatic carbocycles. The van der Waals surface area contributed by atoms with Crippen molar-refractivity contribution in [2.24, 2.45) is 0 Å². The zero-order valence-electron chi connectivity index (χ0n) is 12.7. The highest BCUT2D eigenvalue weighted by Gasteiger charge is 2.17. The highest BCUT2D eigenvalue weighted by molar-refractivity contribution is 7.90. The van der Waals surface area contributed by atoms with Crippen molar-refractivity contribution >= 4 is 9.84 Å². The molecule has 6 heteroatoms. The average molecular weight is 312 g/mol. The van der Waals surface area contributed by atoms with Gasteiger partial charge in [0.15, 0.2) is 9.84 Å². The number of rotatable bonds is 6. The number of hydrogen-bond donors (Lipinski definition) is 1. The van der Waals surface area contributed by atoms with E-state index in [-0.39, 0.29) is 0 Å². The summed E-state index contributed by atoms with van der Waals surface area (Å²) >= 11 is 0. The molecule has 0 aromatic heterocycles. The molecule has 0 saturated carbocycles. The quantitative estimate of drug-likeness (QED) is 0.854. The Morgan fingerprint density at radius 1 is 1.33 bits per heavy atom. The fraction of sp³-hybridized carbons (Fsp3) is 0.600. The predicted molar refractivity (Wildman–Crippen MR) is 83.6 cm³/mol. The van der Waals surface area contributed by atoms with Crippen molar-refractivity contribution in [2.75, 3.05) is 39.5 Å². The van der Waals surface area contributed by atoms with Gasteiger partial charge < -0.3 is 10.1 Å². The summed E-state index contributed by atoms with van der Waals surface area (Å²) in [5, 5.41) is 3.32. The van der Waals surface area contributed by atoms with E-state index in [2.05, 4.69) is 10.2 Å². The van der Waals surface area contributed by atoms with Crippen LogP contribution in [-0.2, 0) is 9.84 Å². The molecular weight excluding hydrogens is 288 g/mol. The van der Waals surface area contributed by atoms with Gasteiger partial charge in [-0.2, -0.15) is 0 Å². The molecule has 21 heavy (non-hydrogen) atoms. The molecule has 5 nitrogen and oxygen atoms in total. The Morgan fingerprint density at radius 2 is 2.05 bits per heavy atom. The maximum Gasteiger partial charge on any atom is 0.175 e. The number of nitrogens with one attached hydrogen (secondary N) is 1. The Morgan fingerprint density at radius 3 is 2.67 bits per heavy atom. The normalized spacial score (nSPS) is 20.4. The van der Waals surface area contributed by atoms with E-state index in [4.69, 9.17) is 4.74 Å². The molecule has 0 radical (unpaired) electrons. The van der Waals surface area contributed by atoms with Crippen molar-refractivity contribution in [1.82, 2.24) is 10.2 Å². The van der Waals surface area contributed by atoms with E-state index in [0.29, 0.717) is 23.3 Å². The lowest BCUT2D eigenvalue weighted by molar-refractivity contribution is 0.162. The summed E-state index contributed by atoms with van der Waals surface area (Å²) in [6.07, 6.45) is 3.66. The van der Waals surface area contributed by atoms with E-state index in [1.54, 1.807) is 24.3 Å². The van der Waals surface area contributed by atoms with Gasteiger partial charge in [-0.15, -0.1) is 0 Å². The predicted octanol–water partition coefficient (Wildman–Crippen LogP) is 1.15. The van der Waals surface area contributed by atoms with Crippen LogP contribution in [-0.4, -0.2) is 58.9 Å². The van der Waals surface area contributed by atoms with Crippen molar-refractivity contribution < 1.29 is 13.2 Å². The van der Waals surface area contributed by atoms with E-state index in [0.717, 1.165) is 19.6 Å². The Kier molecular flexibility index (Phi) is 5.61. The third-order valence-electron chi connectivity index (χ3n) is 3.84. The molecule has 2 rings (SSSR count). The average Bonchev–Trinajstić information content (AvgIpc) is 2.47. The van der Waals surface area contributed by atoms with Crippen LogP contribution < -0.4 is 10.1 Å². The molecule has 1 atom stereocenters. The number of nitrogens with zero attached hydrogens (tertiary/aromatic N) is 1. The summed E-state index contributed by atoms with van der Waals surface area (Å²) in [4.78, 5) is 2.72. The van der Waals surface area contributed by atoms with E-state index in [9.17, 15) is 8.42 Å². The first-order valence-electron chi connectivity index (χ1n) is 7.31. The van der Waals surface area contributed by atoms with Gasteiger partial charge in [0.2, 0.25) is 0 Å². The summed E-state index contributed by atoms with van der Waals surface area (Å²) in [6.45, 7) is 3.70. The van der Waals surface area contributed by atoms with Crippen molar-refractivity contribution in [3.8, 4) is 5.75 Å². The minimum Gasteiger partial charge on any atom is -0.492 e. The van der Waals surface area contributed by atoms with Gasteiger partial charge in [0.25, 0.3) is 0 Å². The maximum absolute atomic E-state index is 11.4. The molecule has 1 unspecified atom stereocenters. The third kappa shape index (κ3) is 4.98. The summed E-state index contributed by atoms with van der Waals surface area (Å²) in [6, 6.07) is 7.17. The largest absolute Gasteiger partial charge is 0.492 e. The molecule has 1 saturated heterocycles. The van der Waals surface area contributed by atoms with Crippen LogP contribution in [0.4, 0.5) is 0 Å². The first kappa shape index (κ1) is 16.3. The minimum atomic E-state index is -3.14. The number of likely N-dealkylation sites (tertiary alicyclic amines) is 1. The molecule has 1 aliphatic heterocycles. The number of piperidine rings is 1. The van der Waals surface area contributed by atoms with Crippen LogP contribution >= 0.6 is 0 Å². The van der Waals surface area contributed by atoms with Crippen molar-refractivity contribution in [3.05, 3.63) is 24.3 Å². The van der Waals surface area contributed by atoms with Gasteiger partial charge in [-0.3, -0.25) is 4.90 Å². The van der Waals surface area contributed by atoms with Crippen LogP contribution in [0.2, 0.25) is 0 Å². The fourth-order valence-electron chi connectivity index (χ4n) is 2.57. The van der Waals surface area contributed by atoms with Gasteiger partial charge in [0.05, 0.1) is 4.90 Å². The summed E-state index contributed by atoms with van der Waals surface area (Å²) < 4.78 is 28.4. The fourth-order valence-corrected chi connectivity index (χ4v) is 3.20. The Balaban J connectivity index is 1.78. The molecule has 1 heterocycles. The van der Waals surface area contributed by atoms with E-state index < -0.39 is 9.84 Å². The summed E-state index contributed by atoms with van der Waals surface area (Å²) in [5.41, 5.74) is 0. The first-order chi connectivity index (χ1) is 9.99. The second kappa shape index (κ2) is 7.24.